The van der Waals surface area contributed by atoms with Crippen molar-refractivity contribution in [2.45, 2.75) is 45.8 Å². The highest BCUT2D eigenvalue weighted by molar-refractivity contribution is 5.27. The number of ether oxygens (including phenoxy) is 2. The molecule has 1 N–H and O–H groups in total. The van der Waals surface area contributed by atoms with E-state index in [4.69, 9.17) is 9.47 Å². The molecule has 1 aromatic carbocycles. The van der Waals surface area contributed by atoms with Crippen LogP contribution in [-0.4, -0.2) is 32.5 Å². The topological polar surface area (TPSA) is 30.5 Å². The zero-order valence-corrected chi connectivity index (χ0v) is 13.6. The van der Waals surface area contributed by atoms with Gasteiger partial charge in [-0.05, 0) is 36.4 Å². The Hall–Kier alpha value is -0.900. The van der Waals surface area contributed by atoms with Crippen molar-refractivity contribution < 1.29 is 9.47 Å². The molecule has 2 rings (SSSR count). The van der Waals surface area contributed by atoms with Gasteiger partial charge in [0, 0.05) is 0 Å². The van der Waals surface area contributed by atoms with E-state index in [-0.39, 0.29) is 12.1 Å². The van der Waals surface area contributed by atoms with Crippen LogP contribution in [0.15, 0.2) is 24.3 Å². The summed E-state index contributed by atoms with van der Waals surface area (Å²) in [7, 11) is 0. The molecule has 0 aromatic heterocycles. The van der Waals surface area contributed by atoms with Crippen LogP contribution in [0.25, 0.3) is 0 Å². The summed E-state index contributed by atoms with van der Waals surface area (Å²) in [6, 6.07) is 9.13. The monoisotopic (exact) mass is 291 g/mol. The predicted molar refractivity (Wildman–Crippen MR) is 86.6 cm³/mol. The maximum absolute atomic E-state index is 5.93. The highest BCUT2D eigenvalue weighted by Gasteiger charge is 2.26. The fourth-order valence-electron chi connectivity index (χ4n) is 2.85. The average molecular weight is 291 g/mol. The minimum absolute atomic E-state index is 0.111. The molecule has 3 nitrogen and oxygen atoms in total. The van der Waals surface area contributed by atoms with E-state index in [2.05, 4.69) is 50.4 Å². The van der Waals surface area contributed by atoms with E-state index in [1.54, 1.807) is 0 Å². The lowest BCUT2D eigenvalue weighted by Gasteiger charge is -2.31. The van der Waals surface area contributed by atoms with E-state index < -0.39 is 0 Å². The molecule has 1 saturated heterocycles. The highest BCUT2D eigenvalue weighted by atomic mass is 16.6. The molecule has 1 heterocycles. The maximum Gasteiger partial charge on any atom is 0.100 e. The van der Waals surface area contributed by atoms with Gasteiger partial charge in [0.25, 0.3) is 0 Å². The molecule has 0 radical (unpaired) electrons. The van der Waals surface area contributed by atoms with Crippen LogP contribution >= 0.6 is 0 Å². The van der Waals surface area contributed by atoms with Gasteiger partial charge < -0.3 is 14.8 Å². The van der Waals surface area contributed by atoms with Gasteiger partial charge >= 0.3 is 0 Å². The lowest BCUT2D eigenvalue weighted by Crippen LogP contribution is -2.40. The normalized spacial score (nSPS) is 20.7. The molecule has 1 fully saturated rings. The first kappa shape index (κ1) is 16.5. The van der Waals surface area contributed by atoms with Crippen molar-refractivity contribution in [2.24, 2.45) is 5.92 Å². The fraction of sp³-hybridized carbons (Fsp3) is 0.667. The molecule has 0 amide bonds. The van der Waals surface area contributed by atoms with E-state index in [0.717, 1.165) is 19.4 Å². The molecule has 118 valence electrons. The number of nitrogens with one attached hydrogen (secondary N) is 1. The van der Waals surface area contributed by atoms with E-state index >= 15 is 0 Å². The molecule has 2 unspecified atom stereocenters. The van der Waals surface area contributed by atoms with Crippen LogP contribution < -0.4 is 5.32 Å². The largest absolute Gasteiger partial charge is 0.376 e. The van der Waals surface area contributed by atoms with Gasteiger partial charge in [-0.2, -0.15) is 0 Å². The standard InChI is InChI=1S/C18H29NO2/c1-4-8-19-18(17-13-20-9-10-21-17)16-7-5-6-15(12-16)11-14(2)3/h5-7,12,14,17-19H,4,8-11,13H2,1-3H3. The van der Waals surface area contributed by atoms with Crippen molar-refractivity contribution >= 4 is 0 Å². The van der Waals surface area contributed by atoms with Crippen LogP contribution in [-0.2, 0) is 15.9 Å². The summed E-state index contributed by atoms with van der Waals surface area (Å²) in [6.45, 7) is 9.80. The summed E-state index contributed by atoms with van der Waals surface area (Å²) in [5.41, 5.74) is 2.72. The Labute approximate surface area is 129 Å². The van der Waals surface area contributed by atoms with Crippen LogP contribution in [0.1, 0.15) is 44.4 Å². The summed E-state index contributed by atoms with van der Waals surface area (Å²) in [5, 5.41) is 3.63. The quantitative estimate of drug-likeness (QED) is 0.836. The Morgan fingerprint density at radius 3 is 2.81 bits per heavy atom. The zero-order valence-electron chi connectivity index (χ0n) is 13.6. The van der Waals surface area contributed by atoms with Crippen LogP contribution in [0.2, 0.25) is 0 Å². The lowest BCUT2D eigenvalue weighted by atomic mass is 9.95. The van der Waals surface area contributed by atoms with E-state index in [0.29, 0.717) is 25.7 Å². The van der Waals surface area contributed by atoms with Crippen molar-refractivity contribution in [3.8, 4) is 0 Å². The molecule has 2 atom stereocenters. The molecule has 1 aromatic rings. The van der Waals surface area contributed by atoms with Gasteiger partial charge in [0.05, 0.1) is 25.9 Å². The summed E-state index contributed by atoms with van der Waals surface area (Å²) in [6.07, 6.45) is 2.35. The van der Waals surface area contributed by atoms with Gasteiger partial charge in [-0.1, -0.05) is 45.0 Å². The molecule has 1 aliphatic rings. The Morgan fingerprint density at radius 2 is 2.14 bits per heavy atom. The first-order valence-electron chi connectivity index (χ1n) is 8.22. The van der Waals surface area contributed by atoms with Gasteiger partial charge in [-0.3, -0.25) is 0 Å². The van der Waals surface area contributed by atoms with Crippen LogP contribution in [0.4, 0.5) is 0 Å². The number of rotatable bonds is 7. The van der Waals surface area contributed by atoms with Gasteiger partial charge in [0.2, 0.25) is 0 Å². The maximum atomic E-state index is 5.93. The van der Waals surface area contributed by atoms with Crippen molar-refractivity contribution in [1.82, 2.24) is 5.32 Å². The SMILES string of the molecule is CCCNC(c1cccc(CC(C)C)c1)C1COCCO1. The van der Waals surface area contributed by atoms with E-state index in [1.807, 2.05) is 0 Å². The smallest absolute Gasteiger partial charge is 0.100 e. The third-order valence-corrected chi connectivity index (χ3v) is 3.78. The molecule has 0 saturated carbocycles. The Bertz CT molecular complexity index is 413. The molecule has 0 aliphatic carbocycles. The molecular formula is C18H29NO2. The Kier molecular flexibility index (Phi) is 6.68. The number of hydrogen-bond donors (Lipinski definition) is 1. The molecular weight excluding hydrogens is 262 g/mol. The van der Waals surface area contributed by atoms with Crippen molar-refractivity contribution in [3.05, 3.63) is 35.4 Å². The second-order valence-corrected chi connectivity index (χ2v) is 6.26. The molecule has 0 bridgehead atoms. The Balaban J connectivity index is 2.14. The third kappa shape index (κ3) is 5.10. The third-order valence-electron chi connectivity index (χ3n) is 3.78. The summed E-state index contributed by atoms with van der Waals surface area (Å²) in [5.74, 6) is 0.677. The molecule has 21 heavy (non-hydrogen) atoms. The van der Waals surface area contributed by atoms with Gasteiger partial charge in [-0.15, -0.1) is 0 Å². The predicted octanol–water partition coefficient (Wildman–Crippen LogP) is 3.34. The van der Waals surface area contributed by atoms with Crippen LogP contribution in [0.3, 0.4) is 0 Å². The van der Waals surface area contributed by atoms with Gasteiger partial charge in [-0.25, -0.2) is 0 Å². The van der Waals surface area contributed by atoms with Crippen molar-refractivity contribution in [1.29, 1.82) is 0 Å². The number of hydrogen-bond acceptors (Lipinski definition) is 3. The Morgan fingerprint density at radius 1 is 1.29 bits per heavy atom. The lowest BCUT2D eigenvalue weighted by molar-refractivity contribution is -0.102. The van der Waals surface area contributed by atoms with Gasteiger partial charge in [0.15, 0.2) is 0 Å². The van der Waals surface area contributed by atoms with Crippen LogP contribution in [0.5, 0.6) is 0 Å². The summed E-state index contributed by atoms with van der Waals surface area (Å²) in [4.78, 5) is 0. The molecule has 3 heteroatoms. The van der Waals surface area contributed by atoms with Crippen LogP contribution in [0, 0.1) is 5.92 Å². The minimum atomic E-state index is 0.111. The summed E-state index contributed by atoms with van der Waals surface area (Å²) < 4.78 is 11.5. The molecule has 1 aliphatic heterocycles. The highest BCUT2D eigenvalue weighted by Crippen LogP contribution is 2.23. The molecule has 0 spiro atoms. The fourth-order valence-corrected chi connectivity index (χ4v) is 2.85. The minimum Gasteiger partial charge on any atom is -0.376 e. The van der Waals surface area contributed by atoms with Crippen molar-refractivity contribution in [3.63, 3.8) is 0 Å². The van der Waals surface area contributed by atoms with Crippen molar-refractivity contribution in [2.75, 3.05) is 26.4 Å². The zero-order chi connectivity index (χ0) is 15.1. The van der Waals surface area contributed by atoms with Gasteiger partial charge in [0.1, 0.15) is 6.10 Å². The first-order valence-corrected chi connectivity index (χ1v) is 8.22. The number of benzene rings is 1. The second kappa shape index (κ2) is 8.52. The first-order chi connectivity index (χ1) is 10.2. The second-order valence-electron chi connectivity index (χ2n) is 6.26. The average Bonchev–Trinajstić information content (AvgIpc) is 2.48. The van der Waals surface area contributed by atoms with E-state index in [9.17, 15) is 0 Å². The van der Waals surface area contributed by atoms with E-state index in [1.165, 1.54) is 11.1 Å². The summed E-state index contributed by atoms with van der Waals surface area (Å²) >= 11 is 0.